The molecule has 3 aromatic rings. The summed E-state index contributed by atoms with van der Waals surface area (Å²) in [6.45, 7) is 3.98. The summed E-state index contributed by atoms with van der Waals surface area (Å²) in [6.07, 6.45) is 0. The van der Waals surface area contributed by atoms with Crippen molar-refractivity contribution in [1.82, 2.24) is 25.1 Å². The molecule has 4 rings (SSSR count). The van der Waals surface area contributed by atoms with E-state index in [0.29, 0.717) is 25.5 Å². The summed E-state index contributed by atoms with van der Waals surface area (Å²) >= 11 is 1.67. The molecule has 0 spiro atoms. The topological polar surface area (TPSA) is 75.9 Å². The fourth-order valence-corrected chi connectivity index (χ4v) is 3.73. The molecule has 8 heteroatoms. The van der Waals surface area contributed by atoms with Crippen molar-refractivity contribution >= 4 is 32.6 Å². The number of hydrogen-bond donors (Lipinski definition) is 1. The Bertz CT molecular complexity index is 899. The highest BCUT2D eigenvalue weighted by Crippen LogP contribution is 2.31. The largest absolute Gasteiger partial charge is 0.348 e. The van der Waals surface area contributed by atoms with Crippen molar-refractivity contribution in [3.05, 3.63) is 35.4 Å². The third kappa shape index (κ3) is 2.35. The van der Waals surface area contributed by atoms with Gasteiger partial charge in [-0.2, -0.15) is 0 Å². The molecule has 0 unspecified atom stereocenters. The van der Waals surface area contributed by atoms with E-state index in [9.17, 15) is 4.79 Å². The lowest BCUT2D eigenvalue weighted by Crippen LogP contribution is -2.36. The minimum Gasteiger partial charge on any atom is -0.348 e. The number of nitrogens with one attached hydrogen (secondary N) is 1. The number of carbonyl (C=O) groups is 1. The van der Waals surface area contributed by atoms with Crippen LogP contribution in [0.15, 0.2) is 18.2 Å². The van der Waals surface area contributed by atoms with E-state index in [1.165, 1.54) is 10.3 Å². The molecule has 0 atom stereocenters. The van der Waals surface area contributed by atoms with Gasteiger partial charge < -0.3 is 14.8 Å². The number of thiazole rings is 1. The summed E-state index contributed by atoms with van der Waals surface area (Å²) in [5, 5.41) is 11.9. The minimum absolute atomic E-state index is 0.159. The van der Waals surface area contributed by atoms with Gasteiger partial charge in [-0.05, 0) is 18.6 Å². The highest BCUT2D eigenvalue weighted by atomic mass is 32.1. The molecular formula is C15H16N6OS. The summed E-state index contributed by atoms with van der Waals surface area (Å²) in [5.41, 5.74) is 2.25. The van der Waals surface area contributed by atoms with Crippen LogP contribution in [-0.4, -0.2) is 39.2 Å². The predicted molar refractivity (Wildman–Crippen MR) is 88.8 cm³/mol. The summed E-state index contributed by atoms with van der Waals surface area (Å²) in [7, 11) is 1.98. The highest BCUT2D eigenvalue weighted by Gasteiger charge is 2.23. The summed E-state index contributed by atoms with van der Waals surface area (Å²) in [6, 6.07) is 6.14. The second-order valence-corrected chi connectivity index (χ2v) is 6.60. The van der Waals surface area contributed by atoms with E-state index in [4.69, 9.17) is 0 Å². The van der Waals surface area contributed by atoms with Crippen LogP contribution in [0.5, 0.6) is 0 Å². The first-order valence-corrected chi connectivity index (χ1v) is 8.22. The Hall–Kier alpha value is -2.48. The number of aryl methyl sites for hydroxylation is 1. The molecule has 1 N–H and O–H groups in total. The van der Waals surface area contributed by atoms with Crippen LogP contribution in [0.3, 0.4) is 0 Å². The Balaban J connectivity index is 1.63. The van der Waals surface area contributed by atoms with Crippen LogP contribution in [0.1, 0.15) is 22.0 Å². The van der Waals surface area contributed by atoms with Gasteiger partial charge in [-0.1, -0.05) is 23.5 Å². The first kappa shape index (κ1) is 14.1. The highest BCUT2D eigenvalue weighted by molar-refractivity contribution is 7.22. The Morgan fingerprint density at radius 2 is 2.26 bits per heavy atom. The zero-order valence-corrected chi connectivity index (χ0v) is 13.7. The quantitative estimate of drug-likeness (QED) is 0.790. The van der Waals surface area contributed by atoms with Crippen molar-refractivity contribution in [3.8, 4) is 0 Å². The molecule has 3 heterocycles. The van der Waals surface area contributed by atoms with Gasteiger partial charge in [0.2, 0.25) is 5.82 Å². The second-order valence-electron chi connectivity index (χ2n) is 5.62. The van der Waals surface area contributed by atoms with Crippen molar-refractivity contribution in [2.45, 2.75) is 20.0 Å². The van der Waals surface area contributed by atoms with E-state index in [0.717, 1.165) is 16.5 Å². The van der Waals surface area contributed by atoms with Gasteiger partial charge in [-0.3, -0.25) is 4.79 Å². The molecule has 0 bridgehead atoms. The molecule has 7 nitrogen and oxygen atoms in total. The fraction of sp³-hybridized carbons (Fsp3) is 0.333. The maximum Gasteiger partial charge on any atom is 0.289 e. The predicted octanol–water partition coefficient (Wildman–Crippen LogP) is 1.58. The Kier molecular flexibility index (Phi) is 3.26. The van der Waals surface area contributed by atoms with Gasteiger partial charge >= 0.3 is 0 Å². The van der Waals surface area contributed by atoms with E-state index in [-0.39, 0.29) is 5.91 Å². The molecule has 1 aliphatic heterocycles. The molecule has 1 aliphatic rings. The third-order valence-corrected chi connectivity index (χ3v) is 5.28. The van der Waals surface area contributed by atoms with Crippen LogP contribution < -0.4 is 10.2 Å². The van der Waals surface area contributed by atoms with Gasteiger partial charge in [0.15, 0.2) is 11.0 Å². The van der Waals surface area contributed by atoms with Gasteiger partial charge in [0.1, 0.15) is 0 Å². The molecule has 2 aromatic heterocycles. The average molecular weight is 328 g/mol. The third-order valence-electron chi connectivity index (χ3n) is 3.96. The van der Waals surface area contributed by atoms with Gasteiger partial charge in [-0.25, -0.2) is 4.98 Å². The van der Waals surface area contributed by atoms with E-state index in [2.05, 4.69) is 33.5 Å². The molecule has 0 aliphatic carbocycles. The number of nitrogens with zero attached hydrogens (tertiary/aromatic N) is 5. The Morgan fingerprint density at radius 1 is 1.39 bits per heavy atom. The number of hydrogen-bond acceptors (Lipinski definition) is 6. The summed E-state index contributed by atoms with van der Waals surface area (Å²) in [4.78, 5) is 18.5. The monoisotopic (exact) mass is 328 g/mol. The molecule has 118 valence electrons. The van der Waals surface area contributed by atoms with Crippen LogP contribution in [0.25, 0.3) is 10.2 Å². The van der Waals surface area contributed by atoms with Gasteiger partial charge in [0.25, 0.3) is 5.91 Å². The zero-order valence-electron chi connectivity index (χ0n) is 12.9. The van der Waals surface area contributed by atoms with Crippen molar-refractivity contribution in [2.24, 2.45) is 0 Å². The molecule has 23 heavy (non-hydrogen) atoms. The van der Waals surface area contributed by atoms with E-state index >= 15 is 0 Å². The lowest BCUT2D eigenvalue weighted by atomic mass is 10.2. The second kappa shape index (κ2) is 5.31. The lowest BCUT2D eigenvalue weighted by Gasteiger charge is -2.18. The number of rotatable bonds is 3. The standard InChI is InChI=1S/C15H16N6OS/c1-9-4-3-5-10-12(9)23-15(17-10)20(2)8-11-18-19-13-14(22)16-6-7-21(11)13/h3-5H,6-8H2,1-2H3,(H,16,22). The van der Waals surface area contributed by atoms with Crippen LogP contribution in [0, 0.1) is 6.92 Å². The molecular weight excluding hydrogens is 312 g/mol. The van der Waals surface area contributed by atoms with Crippen molar-refractivity contribution in [1.29, 1.82) is 0 Å². The lowest BCUT2D eigenvalue weighted by molar-refractivity contribution is 0.0921. The van der Waals surface area contributed by atoms with Crippen LogP contribution >= 0.6 is 11.3 Å². The maximum atomic E-state index is 11.8. The number of fused-ring (bicyclic) bond motifs is 2. The van der Waals surface area contributed by atoms with E-state index in [1.54, 1.807) is 11.3 Å². The zero-order chi connectivity index (χ0) is 16.0. The van der Waals surface area contributed by atoms with Crippen LogP contribution in [0.4, 0.5) is 5.13 Å². The number of benzene rings is 1. The molecule has 0 saturated heterocycles. The SMILES string of the molecule is Cc1cccc2nc(N(C)Cc3nnc4n3CCNC4=O)sc12. The van der Waals surface area contributed by atoms with E-state index in [1.807, 2.05) is 28.6 Å². The molecule has 1 amide bonds. The maximum absolute atomic E-state index is 11.8. The van der Waals surface area contributed by atoms with Crippen molar-refractivity contribution < 1.29 is 4.79 Å². The van der Waals surface area contributed by atoms with Gasteiger partial charge in [0.05, 0.1) is 16.8 Å². The average Bonchev–Trinajstić information content (AvgIpc) is 3.14. The number of anilines is 1. The van der Waals surface area contributed by atoms with Crippen molar-refractivity contribution in [2.75, 3.05) is 18.5 Å². The van der Waals surface area contributed by atoms with Crippen molar-refractivity contribution in [3.63, 3.8) is 0 Å². The first-order chi connectivity index (χ1) is 11.1. The van der Waals surface area contributed by atoms with Gasteiger partial charge in [-0.15, -0.1) is 10.2 Å². The van der Waals surface area contributed by atoms with Crippen LogP contribution in [-0.2, 0) is 13.1 Å². The molecule has 0 fully saturated rings. The smallest absolute Gasteiger partial charge is 0.289 e. The molecule has 1 aromatic carbocycles. The summed E-state index contributed by atoms with van der Waals surface area (Å²) in [5.74, 6) is 1.02. The number of aromatic nitrogens is 4. The van der Waals surface area contributed by atoms with E-state index < -0.39 is 0 Å². The van der Waals surface area contributed by atoms with Crippen LogP contribution in [0.2, 0.25) is 0 Å². The first-order valence-electron chi connectivity index (χ1n) is 7.41. The molecule has 0 radical (unpaired) electrons. The molecule has 0 saturated carbocycles. The summed E-state index contributed by atoms with van der Waals surface area (Å²) < 4.78 is 3.09. The number of amides is 1. The van der Waals surface area contributed by atoms with Gasteiger partial charge in [0, 0.05) is 20.1 Å². The minimum atomic E-state index is -0.159. The Labute approximate surface area is 137 Å². The Morgan fingerprint density at radius 3 is 3.09 bits per heavy atom. The number of carbonyl (C=O) groups excluding carboxylic acids is 1. The fourth-order valence-electron chi connectivity index (χ4n) is 2.73. The normalized spacial score (nSPS) is 13.9.